The van der Waals surface area contributed by atoms with Gasteiger partial charge in [-0.05, 0) is 27.7 Å². The average molecular weight is 160 g/mol. The summed E-state index contributed by atoms with van der Waals surface area (Å²) >= 11 is 0. The van der Waals surface area contributed by atoms with E-state index in [0.29, 0.717) is 18.6 Å². The monoisotopic (exact) mass is 160 g/mol. The molecule has 0 aromatic rings. The van der Waals surface area contributed by atoms with Crippen LogP contribution in [-0.4, -0.2) is 34.9 Å². The molecule has 0 heterocycles. The number of nitrogens with two attached hydrogens (primary N) is 1. The standard InChI is InChI=1S/C8H20N2O/c1-6(2)10(7(3)4)8(11)5-9/h6-8,11H,5,9H2,1-4H3. The number of aliphatic hydroxyl groups excluding tert-OH is 1. The summed E-state index contributed by atoms with van der Waals surface area (Å²) in [4.78, 5) is 1.99. The Labute approximate surface area is 69.2 Å². The minimum Gasteiger partial charge on any atom is -0.377 e. The maximum atomic E-state index is 9.46. The number of nitrogens with zero attached hydrogens (tertiary/aromatic N) is 1. The fourth-order valence-corrected chi connectivity index (χ4v) is 1.41. The summed E-state index contributed by atoms with van der Waals surface area (Å²) in [6, 6.07) is 0.682. The summed E-state index contributed by atoms with van der Waals surface area (Å²) in [6.45, 7) is 8.52. The molecule has 0 spiro atoms. The highest BCUT2D eigenvalue weighted by atomic mass is 16.3. The first kappa shape index (κ1) is 10.9. The summed E-state index contributed by atoms with van der Waals surface area (Å²) in [6.07, 6.45) is -0.505. The van der Waals surface area contributed by atoms with Gasteiger partial charge in [0.15, 0.2) is 0 Å². The first-order chi connectivity index (χ1) is 5.00. The zero-order valence-corrected chi connectivity index (χ0v) is 7.91. The Hall–Kier alpha value is -0.120. The lowest BCUT2D eigenvalue weighted by Gasteiger charge is -2.34. The van der Waals surface area contributed by atoms with Crippen LogP contribution >= 0.6 is 0 Å². The molecule has 0 aliphatic rings. The lowest BCUT2D eigenvalue weighted by atomic mass is 10.2. The minimum absolute atomic E-state index is 0.302. The lowest BCUT2D eigenvalue weighted by Crippen LogP contribution is -2.48. The van der Waals surface area contributed by atoms with Gasteiger partial charge in [-0.25, -0.2) is 0 Å². The third-order valence-corrected chi connectivity index (χ3v) is 1.75. The molecule has 0 rings (SSSR count). The summed E-state index contributed by atoms with van der Waals surface area (Å²) < 4.78 is 0. The molecular weight excluding hydrogens is 140 g/mol. The molecule has 0 bridgehead atoms. The van der Waals surface area contributed by atoms with E-state index in [4.69, 9.17) is 5.73 Å². The van der Waals surface area contributed by atoms with E-state index in [2.05, 4.69) is 27.7 Å². The van der Waals surface area contributed by atoms with Gasteiger partial charge in [0.05, 0.1) is 0 Å². The van der Waals surface area contributed by atoms with Gasteiger partial charge in [0.1, 0.15) is 6.23 Å². The van der Waals surface area contributed by atoms with E-state index in [1.54, 1.807) is 0 Å². The first-order valence-electron chi connectivity index (χ1n) is 4.16. The zero-order valence-electron chi connectivity index (χ0n) is 7.91. The highest BCUT2D eigenvalue weighted by Crippen LogP contribution is 2.07. The predicted molar refractivity (Wildman–Crippen MR) is 47.2 cm³/mol. The SMILES string of the molecule is CC(C)N(C(C)C)C(O)CN. The van der Waals surface area contributed by atoms with Crippen LogP contribution in [0, 0.1) is 0 Å². The van der Waals surface area contributed by atoms with Crippen LogP contribution in [-0.2, 0) is 0 Å². The second kappa shape index (κ2) is 4.70. The van der Waals surface area contributed by atoms with Crippen molar-refractivity contribution in [3.8, 4) is 0 Å². The summed E-state index contributed by atoms with van der Waals surface area (Å²) in [5, 5.41) is 9.46. The van der Waals surface area contributed by atoms with Crippen molar-refractivity contribution in [1.82, 2.24) is 4.90 Å². The van der Waals surface area contributed by atoms with Gasteiger partial charge in [-0.15, -0.1) is 0 Å². The lowest BCUT2D eigenvalue weighted by molar-refractivity contribution is -0.0300. The number of aliphatic hydroxyl groups is 1. The Morgan fingerprint density at radius 3 is 1.64 bits per heavy atom. The molecule has 3 N–H and O–H groups in total. The molecule has 0 aliphatic carbocycles. The van der Waals surface area contributed by atoms with Crippen molar-refractivity contribution in [2.45, 2.75) is 46.0 Å². The predicted octanol–water partition coefficient (Wildman–Crippen LogP) is 0.382. The number of rotatable bonds is 4. The molecule has 11 heavy (non-hydrogen) atoms. The zero-order chi connectivity index (χ0) is 9.02. The third kappa shape index (κ3) is 3.18. The van der Waals surface area contributed by atoms with E-state index in [1.165, 1.54) is 0 Å². The maximum Gasteiger partial charge on any atom is 0.120 e. The van der Waals surface area contributed by atoms with Crippen molar-refractivity contribution >= 4 is 0 Å². The van der Waals surface area contributed by atoms with E-state index >= 15 is 0 Å². The van der Waals surface area contributed by atoms with E-state index in [0.717, 1.165) is 0 Å². The Bertz CT molecular complexity index is 96.3. The van der Waals surface area contributed by atoms with E-state index in [-0.39, 0.29) is 0 Å². The van der Waals surface area contributed by atoms with Crippen LogP contribution in [0.5, 0.6) is 0 Å². The van der Waals surface area contributed by atoms with Crippen molar-refractivity contribution in [2.75, 3.05) is 6.54 Å². The van der Waals surface area contributed by atoms with Gasteiger partial charge >= 0.3 is 0 Å². The van der Waals surface area contributed by atoms with Crippen LogP contribution < -0.4 is 5.73 Å². The molecule has 1 atom stereocenters. The van der Waals surface area contributed by atoms with Gasteiger partial charge in [0.2, 0.25) is 0 Å². The molecule has 0 aliphatic heterocycles. The number of hydrogen-bond acceptors (Lipinski definition) is 3. The fourth-order valence-electron chi connectivity index (χ4n) is 1.41. The molecule has 0 amide bonds. The van der Waals surface area contributed by atoms with Crippen LogP contribution in [0.2, 0.25) is 0 Å². The normalized spacial score (nSPS) is 15.0. The Kier molecular flexibility index (Phi) is 4.65. The van der Waals surface area contributed by atoms with Crippen molar-refractivity contribution in [3.63, 3.8) is 0 Å². The van der Waals surface area contributed by atoms with Crippen molar-refractivity contribution in [2.24, 2.45) is 5.73 Å². The topological polar surface area (TPSA) is 49.5 Å². The summed E-state index contributed by atoms with van der Waals surface area (Å²) in [5.74, 6) is 0. The Morgan fingerprint density at radius 2 is 1.55 bits per heavy atom. The van der Waals surface area contributed by atoms with Gasteiger partial charge < -0.3 is 10.8 Å². The molecule has 0 saturated carbocycles. The molecule has 0 fully saturated rings. The van der Waals surface area contributed by atoms with E-state index in [1.807, 2.05) is 4.90 Å². The fraction of sp³-hybridized carbons (Fsp3) is 1.00. The van der Waals surface area contributed by atoms with Crippen LogP contribution in [0.15, 0.2) is 0 Å². The Morgan fingerprint density at radius 1 is 1.18 bits per heavy atom. The smallest absolute Gasteiger partial charge is 0.120 e. The summed E-state index contributed by atoms with van der Waals surface area (Å²) in [5.41, 5.74) is 5.36. The highest BCUT2D eigenvalue weighted by Gasteiger charge is 2.19. The summed E-state index contributed by atoms with van der Waals surface area (Å²) in [7, 11) is 0. The van der Waals surface area contributed by atoms with Crippen molar-refractivity contribution in [1.29, 1.82) is 0 Å². The van der Waals surface area contributed by atoms with Crippen LogP contribution in [0.1, 0.15) is 27.7 Å². The number of hydrogen-bond donors (Lipinski definition) is 2. The quantitative estimate of drug-likeness (QED) is 0.585. The molecule has 68 valence electrons. The largest absolute Gasteiger partial charge is 0.377 e. The first-order valence-corrected chi connectivity index (χ1v) is 4.16. The van der Waals surface area contributed by atoms with Gasteiger partial charge in [-0.2, -0.15) is 0 Å². The van der Waals surface area contributed by atoms with Crippen molar-refractivity contribution in [3.05, 3.63) is 0 Å². The van der Waals surface area contributed by atoms with Gasteiger partial charge in [-0.1, -0.05) is 0 Å². The van der Waals surface area contributed by atoms with Crippen molar-refractivity contribution < 1.29 is 5.11 Å². The molecule has 0 aromatic heterocycles. The third-order valence-electron chi connectivity index (χ3n) is 1.75. The Balaban J connectivity index is 4.09. The maximum absolute atomic E-state index is 9.46. The second-order valence-electron chi connectivity index (χ2n) is 3.35. The van der Waals surface area contributed by atoms with Crippen LogP contribution in [0.25, 0.3) is 0 Å². The molecular formula is C8H20N2O. The van der Waals surface area contributed by atoms with Crippen LogP contribution in [0.3, 0.4) is 0 Å². The van der Waals surface area contributed by atoms with Gasteiger partial charge in [-0.3, -0.25) is 4.90 Å². The highest BCUT2D eigenvalue weighted by molar-refractivity contribution is 4.70. The van der Waals surface area contributed by atoms with Gasteiger partial charge in [0.25, 0.3) is 0 Å². The van der Waals surface area contributed by atoms with E-state index in [9.17, 15) is 5.11 Å². The molecule has 0 radical (unpaired) electrons. The van der Waals surface area contributed by atoms with E-state index < -0.39 is 6.23 Å². The minimum atomic E-state index is -0.505. The van der Waals surface area contributed by atoms with Crippen LogP contribution in [0.4, 0.5) is 0 Å². The second-order valence-corrected chi connectivity index (χ2v) is 3.35. The molecule has 0 saturated heterocycles. The average Bonchev–Trinajstić information content (AvgIpc) is 1.85. The van der Waals surface area contributed by atoms with Gasteiger partial charge in [0, 0.05) is 18.6 Å². The molecule has 3 nitrogen and oxygen atoms in total. The molecule has 1 unspecified atom stereocenters. The molecule has 0 aromatic carbocycles. The molecule has 3 heteroatoms.